The Bertz CT molecular complexity index is 459. The third-order valence-corrected chi connectivity index (χ3v) is 2.74. The highest BCUT2D eigenvalue weighted by Crippen LogP contribution is 2.43. The van der Waals surface area contributed by atoms with Crippen LogP contribution in [-0.2, 0) is 15.0 Å². The van der Waals surface area contributed by atoms with Gasteiger partial charge in [-0.25, -0.2) is 8.78 Å². The van der Waals surface area contributed by atoms with Crippen LogP contribution in [0, 0.1) is 11.6 Å². The first-order chi connectivity index (χ1) is 7.47. The highest BCUT2D eigenvalue weighted by Gasteiger charge is 2.54. The molecule has 1 heterocycles. The standard InChI is InChI=1S/C10H7F2NO3/c11-6-3-13-4-7(12)8(6)10(9(15)16)1-5(14)2-10/h3-4H,1-2H2,(H,15,16). The number of rotatable bonds is 2. The van der Waals surface area contributed by atoms with Crippen LogP contribution in [0.3, 0.4) is 0 Å². The van der Waals surface area contributed by atoms with Crippen LogP contribution in [0.15, 0.2) is 12.4 Å². The van der Waals surface area contributed by atoms with Crippen molar-refractivity contribution in [3.05, 3.63) is 29.6 Å². The topological polar surface area (TPSA) is 67.3 Å². The maximum Gasteiger partial charge on any atom is 0.315 e. The van der Waals surface area contributed by atoms with Gasteiger partial charge in [-0.1, -0.05) is 0 Å². The molecule has 1 fully saturated rings. The van der Waals surface area contributed by atoms with E-state index in [9.17, 15) is 18.4 Å². The van der Waals surface area contributed by atoms with E-state index >= 15 is 0 Å². The molecule has 1 aliphatic rings. The molecule has 6 heteroatoms. The SMILES string of the molecule is O=C1CC(C(=O)O)(c2c(F)cncc2F)C1. The van der Waals surface area contributed by atoms with E-state index in [1.165, 1.54) is 0 Å². The summed E-state index contributed by atoms with van der Waals surface area (Å²) >= 11 is 0. The molecule has 0 saturated heterocycles. The van der Waals surface area contributed by atoms with E-state index in [-0.39, 0.29) is 18.6 Å². The number of hydrogen-bond acceptors (Lipinski definition) is 3. The smallest absolute Gasteiger partial charge is 0.315 e. The number of pyridine rings is 1. The summed E-state index contributed by atoms with van der Waals surface area (Å²) in [4.78, 5) is 25.2. The molecule has 0 atom stereocenters. The first-order valence-corrected chi connectivity index (χ1v) is 4.52. The summed E-state index contributed by atoms with van der Waals surface area (Å²) in [5.74, 6) is -3.78. The van der Waals surface area contributed by atoms with Crippen molar-refractivity contribution in [2.24, 2.45) is 0 Å². The summed E-state index contributed by atoms with van der Waals surface area (Å²) in [6, 6.07) is 0. The predicted octanol–water partition coefficient (Wildman–Crippen LogP) is 1.05. The van der Waals surface area contributed by atoms with Gasteiger partial charge in [-0.2, -0.15) is 0 Å². The van der Waals surface area contributed by atoms with E-state index < -0.39 is 28.6 Å². The van der Waals surface area contributed by atoms with E-state index in [4.69, 9.17) is 5.11 Å². The first kappa shape index (κ1) is 10.7. The quantitative estimate of drug-likeness (QED) is 0.819. The Hall–Kier alpha value is -1.85. The van der Waals surface area contributed by atoms with Crippen molar-refractivity contribution in [3.8, 4) is 0 Å². The Morgan fingerprint density at radius 1 is 1.31 bits per heavy atom. The molecule has 0 spiro atoms. The van der Waals surface area contributed by atoms with Gasteiger partial charge in [-0.3, -0.25) is 14.6 Å². The predicted molar refractivity (Wildman–Crippen MR) is 47.7 cm³/mol. The van der Waals surface area contributed by atoms with Gasteiger partial charge in [0.25, 0.3) is 0 Å². The van der Waals surface area contributed by atoms with Gasteiger partial charge in [0.1, 0.15) is 22.8 Å². The summed E-state index contributed by atoms with van der Waals surface area (Å²) in [7, 11) is 0. The molecular weight excluding hydrogens is 220 g/mol. The Labute approximate surface area is 88.9 Å². The molecule has 4 nitrogen and oxygen atoms in total. The molecule has 0 amide bonds. The fourth-order valence-electron chi connectivity index (χ4n) is 1.92. The summed E-state index contributed by atoms with van der Waals surface area (Å²) in [6.45, 7) is 0. The van der Waals surface area contributed by atoms with Crippen LogP contribution < -0.4 is 0 Å². The number of carboxylic acids is 1. The molecule has 1 N–H and O–H groups in total. The number of Topliss-reactive ketones (excluding diaryl/α,β-unsaturated/α-hetero) is 1. The van der Waals surface area contributed by atoms with Gasteiger partial charge in [0.2, 0.25) is 0 Å². The number of ketones is 1. The lowest BCUT2D eigenvalue weighted by Crippen LogP contribution is -2.49. The Balaban J connectivity index is 2.57. The number of carbonyl (C=O) groups excluding carboxylic acids is 1. The molecule has 0 aliphatic heterocycles. The lowest BCUT2D eigenvalue weighted by molar-refractivity contribution is -0.153. The van der Waals surface area contributed by atoms with Crippen molar-refractivity contribution in [1.82, 2.24) is 4.98 Å². The van der Waals surface area contributed by atoms with Crippen molar-refractivity contribution < 1.29 is 23.5 Å². The third-order valence-electron chi connectivity index (χ3n) is 2.74. The van der Waals surface area contributed by atoms with Crippen LogP contribution in [0.4, 0.5) is 8.78 Å². The van der Waals surface area contributed by atoms with E-state index in [1.807, 2.05) is 0 Å². The molecule has 0 unspecified atom stereocenters. The second kappa shape index (κ2) is 3.33. The fraction of sp³-hybridized carbons (Fsp3) is 0.300. The van der Waals surface area contributed by atoms with Gasteiger partial charge in [-0.05, 0) is 0 Å². The third kappa shape index (κ3) is 1.30. The minimum atomic E-state index is -1.76. The summed E-state index contributed by atoms with van der Waals surface area (Å²) < 4.78 is 26.8. The van der Waals surface area contributed by atoms with Crippen LogP contribution in [0.1, 0.15) is 18.4 Å². The van der Waals surface area contributed by atoms with Crippen molar-refractivity contribution in [2.45, 2.75) is 18.3 Å². The zero-order chi connectivity index (χ0) is 11.9. The van der Waals surface area contributed by atoms with Gasteiger partial charge < -0.3 is 5.11 Å². The van der Waals surface area contributed by atoms with Crippen molar-refractivity contribution in [1.29, 1.82) is 0 Å². The first-order valence-electron chi connectivity index (χ1n) is 4.52. The van der Waals surface area contributed by atoms with Gasteiger partial charge in [0.05, 0.1) is 12.4 Å². The number of carbonyl (C=O) groups is 2. The molecular formula is C10H7F2NO3. The molecule has 0 radical (unpaired) electrons. The zero-order valence-electron chi connectivity index (χ0n) is 8.04. The van der Waals surface area contributed by atoms with Crippen LogP contribution >= 0.6 is 0 Å². The van der Waals surface area contributed by atoms with E-state index in [0.717, 1.165) is 12.4 Å². The van der Waals surface area contributed by atoms with Crippen molar-refractivity contribution >= 4 is 11.8 Å². The van der Waals surface area contributed by atoms with E-state index in [2.05, 4.69) is 4.98 Å². The van der Waals surface area contributed by atoms with Crippen LogP contribution in [0.25, 0.3) is 0 Å². The normalized spacial score (nSPS) is 18.0. The number of aliphatic carboxylic acids is 1. The molecule has 1 aromatic heterocycles. The molecule has 1 aliphatic carbocycles. The lowest BCUT2D eigenvalue weighted by Gasteiger charge is -2.36. The lowest BCUT2D eigenvalue weighted by atomic mass is 9.63. The molecule has 16 heavy (non-hydrogen) atoms. The summed E-state index contributed by atoms with van der Waals surface area (Å²) in [5.41, 5.74) is -2.33. The molecule has 1 aromatic rings. The number of halogens is 2. The molecule has 1 saturated carbocycles. The van der Waals surface area contributed by atoms with Crippen LogP contribution in [0.2, 0.25) is 0 Å². The van der Waals surface area contributed by atoms with E-state index in [1.54, 1.807) is 0 Å². The van der Waals surface area contributed by atoms with Gasteiger partial charge in [0.15, 0.2) is 0 Å². The average Bonchev–Trinajstić information content (AvgIpc) is 2.13. The van der Waals surface area contributed by atoms with Crippen LogP contribution in [-0.4, -0.2) is 21.8 Å². The largest absolute Gasteiger partial charge is 0.481 e. The Morgan fingerprint density at radius 3 is 2.19 bits per heavy atom. The van der Waals surface area contributed by atoms with Crippen molar-refractivity contribution in [2.75, 3.05) is 0 Å². The zero-order valence-corrected chi connectivity index (χ0v) is 8.04. The number of hydrogen-bond donors (Lipinski definition) is 1. The molecule has 84 valence electrons. The second-order valence-corrected chi connectivity index (χ2v) is 3.76. The Morgan fingerprint density at radius 2 is 1.81 bits per heavy atom. The monoisotopic (exact) mass is 227 g/mol. The Kier molecular flexibility index (Phi) is 2.22. The summed E-state index contributed by atoms with van der Waals surface area (Å²) in [5, 5.41) is 9.00. The average molecular weight is 227 g/mol. The van der Waals surface area contributed by atoms with Crippen molar-refractivity contribution in [3.63, 3.8) is 0 Å². The van der Waals surface area contributed by atoms with E-state index in [0.29, 0.717) is 0 Å². The van der Waals surface area contributed by atoms with Crippen LogP contribution in [0.5, 0.6) is 0 Å². The maximum absolute atomic E-state index is 13.4. The number of carboxylic acid groups (broad SMARTS) is 1. The molecule has 0 bridgehead atoms. The van der Waals surface area contributed by atoms with Gasteiger partial charge >= 0.3 is 5.97 Å². The maximum atomic E-state index is 13.4. The number of nitrogens with zero attached hydrogens (tertiary/aromatic N) is 1. The van der Waals surface area contributed by atoms with Gasteiger partial charge in [0, 0.05) is 18.4 Å². The number of aromatic nitrogens is 1. The minimum absolute atomic E-state index is 0.321. The highest BCUT2D eigenvalue weighted by molar-refractivity contribution is 6.01. The second-order valence-electron chi connectivity index (χ2n) is 3.76. The summed E-state index contributed by atoms with van der Waals surface area (Å²) in [6.07, 6.45) is 0.734. The fourth-order valence-corrected chi connectivity index (χ4v) is 1.92. The minimum Gasteiger partial charge on any atom is -0.481 e. The molecule has 0 aromatic carbocycles. The highest BCUT2D eigenvalue weighted by atomic mass is 19.1. The molecule has 2 rings (SSSR count). The van der Waals surface area contributed by atoms with Gasteiger partial charge in [-0.15, -0.1) is 0 Å².